The van der Waals surface area contributed by atoms with Gasteiger partial charge < -0.3 is 5.43 Å². The highest BCUT2D eigenvalue weighted by atomic mass is 19.4. The van der Waals surface area contributed by atoms with Gasteiger partial charge in [-0.15, -0.1) is 0 Å². The molecular weight excluding hydrogens is 213 g/mol. The standard InChI is InChI=1S/C6H5F3N6/c7-6(8,9)3-1-4(14-10)15-5(13-3)11-2-12-15/h1-2,14H,10H2. The number of alkyl halides is 3. The van der Waals surface area contributed by atoms with Crippen molar-refractivity contribution in [2.75, 3.05) is 5.43 Å². The normalized spacial score (nSPS) is 12.0. The first-order chi connectivity index (χ1) is 7.02. The zero-order valence-electron chi connectivity index (χ0n) is 7.15. The molecule has 0 radical (unpaired) electrons. The fraction of sp³-hybridized carbons (Fsp3) is 0.167. The van der Waals surface area contributed by atoms with Gasteiger partial charge in [0.15, 0.2) is 5.69 Å². The number of hydrazine groups is 1. The molecule has 0 fully saturated rings. The third-order valence-electron chi connectivity index (χ3n) is 1.69. The molecule has 2 aromatic rings. The summed E-state index contributed by atoms with van der Waals surface area (Å²) >= 11 is 0. The minimum Gasteiger partial charge on any atom is -0.308 e. The zero-order chi connectivity index (χ0) is 11.1. The van der Waals surface area contributed by atoms with Crippen LogP contribution in [0.3, 0.4) is 0 Å². The average molecular weight is 218 g/mol. The molecule has 0 spiro atoms. The van der Waals surface area contributed by atoms with Crippen molar-refractivity contribution in [2.24, 2.45) is 5.84 Å². The molecule has 15 heavy (non-hydrogen) atoms. The summed E-state index contributed by atoms with van der Waals surface area (Å²) in [5, 5.41) is 3.65. The SMILES string of the molecule is NNc1cc(C(F)(F)F)nc2ncnn12. The largest absolute Gasteiger partial charge is 0.433 e. The number of fused-ring (bicyclic) bond motifs is 1. The van der Waals surface area contributed by atoms with E-state index < -0.39 is 11.9 Å². The van der Waals surface area contributed by atoms with Crippen LogP contribution in [0, 0.1) is 0 Å². The lowest BCUT2D eigenvalue weighted by molar-refractivity contribution is -0.141. The van der Waals surface area contributed by atoms with Crippen LogP contribution < -0.4 is 11.3 Å². The molecule has 2 heterocycles. The second-order valence-electron chi connectivity index (χ2n) is 2.64. The Labute approximate surface area is 80.9 Å². The predicted octanol–water partition coefficient (Wildman–Crippen LogP) is 0.429. The van der Waals surface area contributed by atoms with Crippen molar-refractivity contribution in [2.45, 2.75) is 6.18 Å². The van der Waals surface area contributed by atoms with E-state index in [1.807, 2.05) is 0 Å². The topological polar surface area (TPSA) is 81.1 Å². The van der Waals surface area contributed by atoms with Crippen LogP contribution in [-0.4, -0.2) is 19.6 Å². The van der Waals surface area contributed by atoms with Crippen LogP contribution in [-0.2, 0) is 6.18 Å². The van der Waals surface area contributed by atoms with Crippen LogP contribution in [0.4, 0.5) is 19.0 Å². The van der Waals surface area contributed by atoms with Crippen molar-refractivity contribution in [1.82, 2.24) is 19.6 Å². The fourth-order valence-electron chi connectivity index (χ4n) is 1.06. The minimum atomic E-state index is -4.54. The Kier molecular flexibility index (Phi) is 1.96. The predicted molar refractivity (Wildman–Crippen MR) is 43.6 cm³/mol. The van der Waals surface area contributed by atoms with E-state index in [-0.39, 0.29) is 11.6 Å². The highest BCUT2D eigenvalue weighted by Gasteiger charge is 2.33. The Morgan fingerprint density at radius 2 is 2.13 bits per heavy atom. The summed E-state index contributed by atoms with van der Waals surface area (Å²) in [6.07, 6.45) is -3.46. The summed E-state index contributed by atoms with van der Waals surface area (Å²) in [4.78, 5) is 6.83. The van der Waals surface area contributed by atoms with Crippen LogP contribution in [0.5, 0.6) is 0 Å². The van der Waals surface area contributed by atoms with Gasteiger partial charge in [-0.3, -0.25) is 0 Å². The van der Waals surface area contributed by atoms with E-state index in [9.17, 15) is 13.2 Å². The number of nitrogens with one attached hydrogen (secondary N) is 1. The van der Waals surface area contributed by atoms with E-state index in [1.165, 1.54) is 0 Å². The summed E-state index contributed by atoms with van der Waals surface area (Å²) < 4.78 is 38.1. The van der Waals surface area contributed by atoms with Crippen LogP contribution in [0.2, 0.25) is 0 Å². The number of nitrogens with zero attached hydrogens (tertiary/aromatic N) is 4. The van der Waals surface area contributed by atoms with E-state index in [4.69, 9.17) is 5.84 Å². The van der Waals surface area contributed by atoms with Gasteiger partial charge in [0.1, 0.15) is 12.1 Å². The monoisotopic (exact) mass is 218 g/mol. The Balaban J connectivity index is 2.69. The third kappa shape index (κ3) is 1.56. The van der Waals surface area contributed by atoms with E-state index in [1.54, 1.807) is 0 Å². The van der Waals surface area contributed by atoms with Gasteiger partial charge in [-0.2, -0.15) is 27.8 Å². The highest BCUT2D eigenvalue weighted by molar-refractivity contribution is 5.44. The molecule has 0 saturated heterocycles. The number of nitrogens with two attached hydrogens (primary N) is 1. The number of nitrogen functional groups attached to an aromatic ring is 1. The first-order valence-corrected chi connectivity index (χ1v) is 3.77. The number of halogens is 3. The molecule has 80 valence electrons. The van der Waals surface area contributed by atoms with Gasteiger partial charge in [0, 0.05) is 6.07 Å². The van der Waals surface area contributed by atoms with Crippen LogP contribution in [0.15, 0.2) is 12.4 Å². The van der Waals surface area contributed by atoms with Gasteiger partial charge in [0.2, 0.25) is 0 Å². The van der Waals surface area contributed by atoms with Crippen molar-refractivity contribution < 1.29 is 13.2 Å². The summed E-state index contributed by atoms with van der Waals surface area (Å²) in [6.45, 7) is 0. The maximum absolute atomic E-state index is 12.3. The van der Waals surface area contributed by atoms with Gasteiger partial charge in [-0.05, 0) is 0 Å². The lowest BCUT2D eigenvalue weighted by Crippen LogP contribution is -2.16. The Hall–Kier alpha value is -1.90. The van der Waals surface area contributed by atoms with Gasteiger partial charge in [-0.1, -0.05) is 0 Å². The molecule has 0 atom stereocenters. The van der Waals surface area contributed by atoms with Gasteiger partial charge in [-0.25, -0.2) is 10.8 Å². The Morgan fingerprint density at radius 3 is 2.73 bits per heavy atom. The molecule has 2 aromatic heterocycles. The Bertz CT molecular complexity index is 489. The van der Waals surface area contributed by atoms with Crippen LogP contribution >= 0.6 is 0 Å². The van der Waals surface area contributed by atoms with Crippen LogP contribution in [0.1, 0.15) is 5.69 Å². The summed E-state index contributed by atoms with van der Waals surface area (Å²) in [6, 6.07) is 0.752. The summed E-state index contributed by atoms with van der Waals surface area (Å²) in [7, 11) is 0. The lowest BCUT2D eigenvalue weighted by Gasteiger charge is -2.08. The Morgan fingerprint density at radius 1 is 1.40 bits per heavy atom. The average Bonchev–Trinajstić information content (AvgIpc) is 2.62. The number of rotatable bonds is 1. The van der Waals surface area contributed by atoms with Crippen molar-refractivity contribution in [3.63, 3.8) is 0 Å². The quantitative estimate of drug-likeness (QED) is 0.535. The number of anilines is 1. The lowest BCUT2D eigenvalue weighted by atomic mass is 10.4. The molecule has 3 N–H and O–H groups in total. The van der Waals surface area contributed by atoms with Gasteiger partial charge in [0.05, 0.1) is 0 Å². The highest BCUT2D eigenvalue weighted by Crippen LogP contribution is 2.29. The maximum Gasteiger partial charge on any atom is 0.433 e. The van der Waals surface area contributed by atoms with E-state index in [0.717, 1.165) is 16.9 Å². The van der Waals surface area contributed by atoms with E-state index in [2.05, 4.69) is 20.5 Å². The summed E-state index contributed by atoms with van der Waals surface area (Å²) in [5.74, 6) is 4.85. The molecule has 0 aliphatic heterocycles. The molecule has 0 aliphatic carbocycles. The molecule has 6 nitrogen and oxygen atoms in total. The maximum atomic E-state index is 12.3. The third-order valence-corrected chi connectivity index (χ3v) is 1.69. The smallest absolute Gasteiger partial charge is 0.308 e. The molecule has 0 aliphatic rings. The first-order valence-electron chi connectivity index (χ1n) is 3.77. The van der Waals surface area contributed by atoms with Crippen molar-refractivity contribution in [3.05, 3.63) is 18.1 Å². The number of hydrogen-bond acceptors (Lipinski definition) is 5. The molecule has 9 heteroatoms. The molecule has 2 rings (SSSR count). The molecule has 0 saturated carbocycles. The molecule has 0 aromatic carbocycles. The molecule has 0 amide bonds. The van der Waals surface area contributed by atoms with Crippen molar-refractivity contribution in [3.8, 4) is 0 Å². The second-order valence-corrected chi connectivity index (χ2v) is 2.64. The number of aromatic nitrogens is 4. The first kappa shape index (κ1) is 9.65. The summed E-state index contributed by atoms with van der Waals surface area (Å²) in [5.41, 5.74) is 1.02. The van der Waals surface area contributed by atoms with E-state index in [0.29, 0.717) is 0 Å². The van der Waals surface area contributed by atoms with Gasteiger partial charge in [0.25, 0.3) is 5.78 Å². The second kappa shape index (κ2) is 3.05. The van der Waals surface area contributed by atoms with Crippen LogP contribution in [0.25, 0.3) is 5.78 Å². The van der Waals surface area contributed by atoms with Crippen molar-refractivity contribution in [1.29, 1.82) is 0 Å². The van der Waals surface area contributed by atoms with E-state index >= 15 is 0 Å². The minimum absolute atomic E-state index is 0.0372. The zero-order valence-corrected chi connectivity index (χ0v) is 7.15. The molecular formula is C6H5F3N6. The molecule has 0 bridgehead atoms. The number of hydrogen-bond donors (Lipinski definition) is 2. The van der Waals surface area contributed by atoms with Crippen molar-refractivity contribution >= 4 is 11.6 Å². The molecule has 0 unspecified atom stereocenters. The van der Waals surface area contributed by atoms with Gasteiger partial charge >= 0.3 is 6.18 Å². The fourth-order valence-corrected chi connectivity index (χ4v) is 1.06.